The second kappa shape index (κ2) is 9.90. The van der Waals surface area contributed by atoms with E-state index in [0.29, 0.717) is 11.6 Å². The van der Waals surface area contributed by atoms with Gasteiger partial charge in [-0.2, -0.15) is 0 Å². The maximum atomic E-state index is 13.0. The summed E-state index contributed by atoms with van der Waals surface area (Å²) in [6, 6.07) is 14.4. The van der Waals surface area contributed by atoms with Gasteiger partial charge in [0.05, 0.1) is 6.42 Å². The molecule has 144 valence electrons. The van der Waals surface area contributed by atoms with E-state index in [1.54, 1.807) is 24.0 Å². The van der Waals surface area contributed by atoms with Crippen LogP contribution in [0.2, 0.25) is 5.02 Å². The summed E-state index contributed by atoms with van der Waals surface area (Å²) in [4.78, 5) is 27.2. The van der Waals surface area contributed by atoms with E-state index in [0.717, 1.165) is 15.6 Å². The van der Waals surface area contributed by atoms with Crippen molar-refractivity contribution in [2.75, 3.05) is 0 Å². The Hall–Kier alpha value is -1.85. The molecule has 2 rings (SSSR count). The Balaban J connectivity index is 2.22. The first-order valence-corrected chi connectivity index (χ1v) is 10.0. The molecular weight excluding hydrogens is 428 g/mol. The number of halogens is 2. The normalized spacial score (nSPS) is 11.9. The Morgan fingerprint density at radius 2 is 1.74 bits per heavy atom. The zero-order chi connectivity index (χ0) is 20.0. The van der Waals surface area contributed by atoms with Crippen molar-refractivity contribution >= 4 is 39.3 Å². The average Bonchev–Trinajstić information content (AvgIpc) is 2.60. The molecule has 0 aliphatic heterocycles. The number of amides is 2. The highest BCUT2D eigenvalue weighted by Crippen LogP contribution is 2.17. The molecule has 0 saturated heterocycles. The molecule has 27 heavy (non-hydrogen) atoms. The van der Waals surface area contributed by atoms with Gasteiger partial charge in [0.25, 0.3) is 0 Å². The summed E-state index contributed by atoms with van der Waals surface area (Å²) < 4.78 is 0.935. The van der Waals surface area contributed by atoms with Crippen LogP contribution in [0.4, 0.5) is 0 Å². The van der Waals surface area contributed by atoms with Gasteiger partial charge in [0.1, 0.15) is 6.04 Å². The van der Waals surface area contributed by atoms with Crippen molar-refractivity contribution in [3.05, 3.63) is 69.2 Å². The highest BCUT2D eigenvalue weighted by Gasteiger charge is 2.26. The van der Waals surface area contributed by atoms with Gasteiger partial charge in [0, 0.05) is 22.1 Å². The largest absolute Gasteiger partial charge is 0.352 e. The number of nitrogens with one attached hydrogen (secondary N) is 1. The van der Waals surface area contributed by atoms with Gasteiger partial charge in [-0.3, -0.25) is 9.59 Å². The lowest BCUT2D eigenvalue weighted by Gasteiger charge is -2.29. The fraction of sp³-hybridized carbons (Fsp3) is 0.333. The van der Waals surface area contributed by atoms with Gasteiger partial charge in [-0.25, -0.2) is 0 Å². The van der Waals surface area contributed by atoms with E-state index in [9.17, 15) is 9.59 Å². The van der Waals surface area contributed by atoms with Crippen molar-refractivity contribution < 1.29 is 9.59 Å². The molecule has 1 N–H and O–H groups in total. The van der Waals surface area contributed by atoms with Gasteiger partial charge >= 0.3 is 0 Å². The molecule has 0 unspecified atom stereocenters. The molecule has 0 spiro atoms. The fourth-order valence-corrected chi connectivity index (χ4v) is 3.27. The molecule has 2 aromatic rings. The SMILES string of the molecule is CC(C)NC(=O)[C@@H](C)N(Cc1cccc(Br)c1)C(=O)Cc1ccc(Cl)cc1. The summed E-state index contributed by atoms with van der Waals surface area (Å²) in [5, 5.41) is 3.51. The molecule has 0 saturated carbocycles. The van der Waals surface area contributed by atoms with Crippen LogP contribution in [-0.4, -0.2) is 28.8 Å². The van der Waals surface area contributed by atoms with Crippen LogP contribution in [0.5, 0.6) is 0 Å². The highest BCUT2D eigenvalue weighted by molar-refractivity contribution is 9.10. The lowest BCUT2D eigenvalue weighted by Crippen LogP contribution is -2.49. The molecule has 0 bridgehead atoms. The van der Waals surface area contributed by atoms with Crippen LogP contribution < -0.4 is 5.32 Å². The Kier molecular flexibility index (Phi) is 7.87. The minimum Gasteiger partial charge on any atom is -0.352 e. The van der Waals surface area contributed by atoms with Crippen LogP contribution in [0.1, 0.15) is 31.9 Å². The number of hydrogen-bond acceptors (Lipinski definition) is 2. The van der Waals surface area contributed by atoms with Crippen molar-refractivity contribution in [1.82, 2.24) is 10.2 Å². The van der Waals surface area contributed by atoms with Gasteiger partial charge in [-0.15, -0.1) is 0 Å². The summed E-state index contributed by atoms with van der Waals surface area (Å²) >= 11 is 9.37. The summed E-state index contributed by atoms with van der Waals surface area (Å²) in [5.74, 6) is -0.270. The minimum absolute atomic E-state index is 0.0130. The monoisotopic (exact) mass is 450 g/mol. The fourth-order valence-electron chi connectivity index (χ4n) is 2.70. The third-order valence-corrected chi connectivity index (χ3v) is 4.85. The Morgan fingerprint density at radius 1 is 1.07 bits per heavy atom. The summed E-state index contributed by atoms with van der Waals surface area (Å²) in [5.41, 5.74) is 1.82. The molecule has 1 atom stereocenters. The van der Waals surface area contributed by atoms with Crippen molar-refractivity contribution in [2.24, 2.45) is 0 Å². The van der Waals surface area contributed by atoms with Gasteiger partial charge in [0.15, 0.2) is 0 Å². The quantitative estimate of drug-likeness (QED) is 0.669. The summed E-state index contributed by atoms with van der Waals surface area (Å²) in [6.45, 7) is 5.92. The van der Waals surface area contributed by atoms with E-state index in [2.05, 4.69) is 21.2 Å². The van der Waals surface area contributed by atoms with Gasteiger partial charge in [-0.1, -0.05) is 51.8 Å². The second-order valence-corrected chi connectivity index (χ2v) is 8.15. The van der Waals surface area contributed by atoms with Crippen molar-refractivity contribution in [3.8, 4) is 0 Å². The van der Waals surface area contributed by atoms with E-state index >= 15 is 0 Å². The predicted molar refractivity (Wildman–Crippen MR) is 113 cm³/mol. The molecule has 2 aromatic carbocycles. The highest BCUT2D eigenvalue weighted by atomic mass is 79.9. The predicted octanol–water partition coefficient (Wildman–Crippen LogP) is 4.59. The number of carbonyl (C=O) groups is 2. The summed E-state index contributed by atoms with van der Waals surface area (Å²) in [6.07, 6.45) is 0.213. The maximum Gasteiger partial charge on any atom is 0.242 e. The molecule has 0 radical (unpaired) electrons. The van der Waals surface area contributed by atoms with Crippen LogP contribution in [0.3, 0.4) is 0 Å². The lowest BCUT2D eigenvalue weighted by molar-refractivity contribution is -0.140. The number of rotatable bonds is 7. The first-order valence-electron chi connectivity index (χ1n) is 8.85. The Labute approximate surface area is 174 Å². The first kappa shape index (κ1) is 21.5. The molecule has 4 nitrogen and oxygen atoms in total. The molecular formula is C21H24BrClN2O2. The molecule has 0 aliphatic carbocycles. The van der Waals surface area contributed by atoms with Crippen LogP contribution in [0.15, 0.2) is 53.0 Å². The average molecular weight is 452 g/mol. The van der Waals surface area contributed by atoms with E-state index in [1.807, 2.05) is 50.2 Å². The van der Waals surface area contributed by atoms with Gasteiger partial charge in [-0.05, 0) is 56.2 Å². The molecule has 0 aliphatic rings. The first-order chi connectivity index (χ1) is 12.8. The van der Waals surface area contributed by atoms with Crippen molar-refractivity contribution in [3.63, 3.8) is 0 Å². The topological polar surface area (TPSA) is 49.4 Å². The zero-order valence-electron chi connectivity index (χ0n) is 15.7. The summed E-state index contributed by atoms with van der Waals surface area (Å²) in [7, 11) is 0. The number of carbonyl (C=O) groups excluding carboxylic acids is 2. The third kappa shape index (κ3) is 6.67. The second-order valence-electron chi connectivity index (χ2n) is 6.79. The van der Waals surface area contributed by atoms with Crippen molar-refractivity contribution in [2.45, 2.75) is 45.8 Å². The van der Waals surface area contributed by atoms with Crippen LogP contribution in [0, 0.1) is 0 Å². The maximum absolute atomic E-state index is 13.0. The van der Waals surface area contributed by atoms with E-state index < -0.39 is 6.04 Å². The molecule has 0 aromatic heterocycles. The zero-order valence-corrected chi connectivity index (χ0v) is 18.0. The van der Waals surface area contributed by atoms with Crippen LogP contribution >= 0.6 is 27.5 Å². The third-order valence-electron chi connectivity index (χ3n) is 4.11. The molecule has 0 fully saturated rings. The molecule has 0 heterocycles. The van der Waals surface area contributed by atoms with E-state index in [-0.39, 0.29) is 24.3 Å². The van der Waals surface area contributed by atoms with Gasteiger partial charge < -0.3 is 10.2 Å². The number of benzene rings is 2. The Bertz CT molecular complexity index is 793. The Morgan fingerprint density at radius 3 is 2.33 bits per heavy atom. The number of hydrogen-bond donors (Lipinski definition) is 1. The van der Waals surface area contributed by atoms with Crippen molar-refractivity contribution in [1.29, 1.82) is 0 Å². The lowest BCUT2D eigenvalue weighted by atomic mass is 10.1. The molecule has 2 amide bonds. The minimum atomic E-state index is -0.578. The van der Waals surface area contributed by atoms with E-state index in [1.165, 1.54) is 0 Å². The van der Waals surface area contributed by atoms with Gasteiger partial charge in [0.2, 0.25) is 11.8 Å². The standard InChI is InChI=1S/C21H24BrClN2O2/c1-14(2)24-21(27)15(3)25(13-17-5-4-6-18(22)11-17)20(26)12-16-7-9-19(23)10-8-16/h4-11,14-15H,12-13H2,1-3H3,(H,24,27)/t15-/m1/s1. The van der Waals surface area contributed by atoms with Crippen LogP contribution in [0.25, 0.3) is 0 Å². The van der Waals surface area contributed by atoms with Crippen LogP contribution in [-0.2, 0) is 22.6 Å². The van der Waals surface area contributed by atoms with E-state index in [4.69, 9.17) is 11.6 Å². The number of nitrogens with zero attached hydrogens (tertiary/aromatic N) is 1. The molecule has 6 heteroatoms. The smallest absolute Gasteiger partial charge is 0.242 e.